The quantitative estimate of drug-likeness (QED) is 0.585. The molecule has 2 aliphatic rings. The molecule has 0 radical (unpaired) electrons. The number of aliphatic carboxylic acids is 1. The summed E-state index contributed by atoms with van der Waals surface area (Å²) < 4.78 is 0. The van der Waals surface area contributed by atoms with Crippen LogP contribution in [0, 0.1) is 0 Å². The number of hydrogen-bond acceptors (Lipinski definition) is 7. The first kappa shape index (κ1) is 21.1. The molecule has 164 valence electrons. The number of rotatable bonds is 7. The molecule has 8 heteroatoms. The van der Waals surface area contributed by atoms with Gasteiger partial charge in [-0.2, -0.15) is 4.98 Å². The van der Waals surface area contributed by atoms with Gasteiger partial charge in [-0.05, 0) is 50.2 Å². The van der Waals surface area contributed by atoms with E-state index in [1.165, 1.54) is 24.6 Å². The third-order valence-electron chi connectivity index (χ3n) is 5.91. The van der Waals surface area contributed by atoms with Crippen molar-refractivity contribution in [1.82, 2.24) is 14.9 Å². The molecule has 0 unspecified atom stereocenters. The fraction of sp³-hybridized carbons (Fsp3) is 0.435. The monoisotopic (exact) mass is 422 g/mol. The largest absolute Gasteiger partial charge is 0.478 e. The normalized spacial score (nSPS) is 17.9. The van der Waals surface area contributed by atoms with Gasteiger partial charge in [0.2, 0.25) is 5.95 Å². The van der Waals surface area contributed by atoms with Crippen LogP contribution in [0.25, 0.3) is 6.08 Å². The average Bonchev–Trinajstić information content (AvgIpc) is 3.27. The number of likely N-dealkylation sites (N-methyl/N-ethyl adjacent to an activating group) is 1. The Kier molecular flexibility index (Phi) is 6.66. The molecule has 2 heterocycles. The number of benzene rings is 1. The number of carbonyl (C=O) groups is 1. The van der Waals surface area contributed by atoms with E-state index < -0.39 is 5.97 Å². The van der Waals surface area contributed by atoms with Gasteiger partial charge in [0, 0.05) is 61.4 Å². The van der Waals surface area contributed by atoms with Crippen molar-refractivity contribution in [2.45, 2.75) is 31.7 Å². The lowest BCUT2D eigenvalue weighted by atomic mass is 10.2. The van der Waals surface area contributed by atoms with Crippen LogP contribution in [-0.4, -0.2) is 65.2 Å². The second-order valence-electron chi connectivity index (χ2n) is 8.26. The third-order valence-corrected chi connectivity index (χ3v) is 5.91. The fourth-order valence-electron chi connectivity index (χ4n) is 4.06. The van der Waals surface area contributed by atoms with Gasteiger partial charge >= 0.3 is 5.97 Å². The minimum absolute atomic E-state index is 0.364. The topological polar surface area (TPSA) is 93.6 Å². The van der Waals surface area contributed by atoms with Crippen molar-refractivity contribution in [2.24, 2.45) is 0 Å². The number of hydrogen-bond donors (Lipinski definition) is 3. The fourth-order valence-corrected chi connectivity index (χ4v) is 4.06. The number of piperazine rings is 1. The number of nitrogens with zero attached hydrogens (tertiary/aromatic N) is 4. The van der Waals surface area contributed by atoms with E-state index in [2.05, 4.69) is 49.6 Å². The number of nitrogens with one attached hydrogen (secondary N) is 2. The van der Waals surface area contributed by atoms with Gasteiger partial charge in [-0.15, -0.1) is 0 Å². The maximum absolute atomic E-state index is 10.9. The summed E-state index contributed by atoms with van der Waals surface area (Å²) in [6, 6.07) is 8.69. The van der Waals surface area contributed by atoms with Crippen molar-refractivity contribution in [2.75, 3.05) is 48.8 Å². The Bertz CT molecular complexity index is 916. The van der Waals surface area contributed by atoms with Gasteiger partial charge in [-0.3, -0.25) is 0 Å². The number of anilines is 4. The lowest BCUT2D eigenvalue weighted by Crippen LogP contribution is -2.44. The molecule has 1 aromatic carbocycles. The van der Waals surface area contributed by atoms with Crippen molar-refractivity contribution in [3.05, 3.63) is 42.1 Å². The van der Waals surface area contributed by atoms with Crippen LogP contribution in [0.15, 0.2) is 36.5 Å². The molecule has 31 heavy (non-hydrogen) atoms. The summed E-state index contributed by atoms with van der Waals surface area (Å²) in [6.45, 7) is 4.22. The molecule has 1 aliphatic heterocycles. The summed E-state index contributed by atoms with van der Waals surface area (Å²) >= 11 is 0. The van der Waals surface area contributed by atoms with Crippen LogP contribution in [0.1, 0.15) is 31.2 Å². The van der Waals surface area contributed by atoms with Gasteiger partial charge in [0.25, 0.3) is 0 Å². The SMILES string of the molecule is CN1CCN(c2ccc(Nc3ncc(/C=C/C(=O)O)c(NC4CCCC4)n3)cc2)CC1. The lowest BCUT2D eigenvalue weighted by molar-refractivity contribution is -0.131. The van der Waals surface area contributed by atoms with Gasteiger partial charge in [0.1, 0.15) is 5.82 Å². The van der Waals surface area contributed by atoms with Crippen LogP contribution in [0.3, 0.4) is 0 Å². The Balaban J connectivity index is 1.47. The predicted molar refractivity (Wildman–Crippen MR) is 124 cm³/mol. The number of carboxylic acid groups (broad SMARTS) is 1. The molecule has 0 bridgehead atoms. The zero-order valence-corrected chi connectivity index (χ0v) is 17.9. The summed E-state index contributed by atoms with van der Waals surface area (Å²) in [7, 11) is 2.16. The summed E-state index contributed by atoms with van der Waals surface area (Å²) in [5, 5.41) is 15.7. The molecular weight excluding hydrogens is 392 g/mol. The molecule has 1 saturated heterocycles. The molecule has 1 aromatic heterocycles. The second kappa shape index (κ2) is 9.78. The number of aromatic nitrogens is 2. The van der Waals surface area contributed by atoms with Crippen molar-refractivity contribution in [3.63, 3.8) is 0 Å². The Morgan fingerprint density at radius 2 is 1.84 bits per heavy atom. The summed E-state index contributed by atoms with van der Waals surface area (Å²) in [5.74, 6) is 0.158. The highest BCUT2D eigenvalue weighted by Crippen LogP contribution is 2.26. The van der Waals surface area contributed by atoms with Crippen molar-refractivity contribution < 1.29 is 9.90 Å². The summed E-state index contributed by atoms with van der Waals surface area (Å²) in [6.07, 6.45) is 8.91. The van der Waals surface area contributed by atoms with E-state index in [1.807, 2.05) is 12.1 Å². The molecule has 0 spiro atoms. The van der Waals surface area contributed by atoms with Crippen LogP contribution in [0.4, 0.5) is 23.1 Å². The maximum atomic E-state index is 10.9. The van der Waals surface area contributed by atoms with E-state index in [0.717, 1.165) is 50.8 Å². The van der Waals surface area contributed by atoms with Crippen LogP contribution in [-0.2, 0) is 4.79 Å². The zero-order valence-electron chi connectivity index (χ0n) is 17.9. The Morgan fingerprint density at radius 1 is 1.13 bits per heavy atom. The smallest absolute Gasteiger partial charge is 0.328 e. The molecule has 3 N–H and O–H groups in total. The van der Waals surface area contributed by atoms with Crippen LogP contribution >= 0.6 is 0 Å². The van der Waals surface area contributed by atoms with Crippen molar-refractivity contribution >= 4 is 35.2 Å². The summed E-state index contributed by atoms with van der Waals surface area (Å²) in [5.41, 5.74) is 2.81. The van der Waals surface area contributed by atoms with Gasteiger partial charge in [-0.25, -0.2) is 9.78 Å². The molecule has 8 nitrogen and oxygen atoms in total. The Labute approximate surface area is 183 Å². The highest BCUT2D eigenvalue weighted by Gasteiger charge is 2.17. The average molecular weight is 423 g/mol. The first-order chi connectivity index (χ1) is 15.1. The lowest BCUT2D eigenvalue weighted by Gasteiger charge is -2.34. The van der Waals surface area contributed by atoms with E-state index >= 15 is 0 Å². The molecule has 2 fully saturated rings. The molecule has 2 aromatic rings. The van der Waals surface area contributed by atoms with E-state index in [0.29, 0.717) is 23.4 Å². The van der Waals surface area contributed by atoms with Gasteiger partial charge in [-0.1, -0.05) is 12.8 Å². The molecule has 1 aliphatic carbocycles. The zero-order chi connectivity index (χ0) is 21.6. The first-order valence-electron chi connectivity index (χ1n) is 10.9. The van der Waals surface area contributed by atoms with E-state index in [9.17, 15) is 4.79 Å². The second-order valence-corrected chi connectivity index (χ2v) is 8.26. The van der Waals surface area contributed by atoms with E-state index in [1.54, 1.807) is 6.20 Å². The minimum atomic E-state index is -0.991. The molecule has 0 amide bonds. The van der Waals surface area contributed by atoms with Gasteiger partial charge < -0.3 is 25.5 Å². The predicted octanol–water partition coefficient (Wildman–Crippen LogP) is 3.42. The Hall–Kier alpha value is -3.13. The van der Waals surface area contributed by atoms with E-state index in [-0.39, 0.29) is 0 Å². The Morgan fingerprint density at radius 3 is 2.52 bits per heavy atom. The molecular formula is C23H30N6O2. The summed E-state index contributed by atoms with van der Waals surface area (Å²) in [4.78, 5) is 24.7. The van der Waals surface area contributed by atoms with Gasteiger partial charge in [0.05, 0.1) is 0 Å². The minimum Gasteiger partial charge on any atom is -0.478 e. The molecule has 0 atom stereocenters. The highest BCUT2D eigenvalue weighted by molar-refractivity contribution is 5.86. The molecule has 1 saturated carbocycles. The maximum Gasteiger partial charge on any atom is 0.328 e. The standard InChI is InChI=1S/C23H30N6O2/c1-28-12-14-29(15-13-28)20-9-7-19(8-10-20)26-23-24-16-17(6-11-21(30)31)22(27-23)25-18-4-2-3-5-18/h6-11,16,18H,2-5,12-15H2,1H3,(H,30,31)(H2,24,25,26,27)/b11-6+. The van der Waals surface area contributed by atoms with Crippen molar-refractivity contribution in [1.29, 1.82) is 0 Å². The van der Waals surface area contributed by atoms with Crippen molar-refractivity contribution in [3.8, 4) is 0 Å². The number of carboxylic acids is 1. The van der Waals surface area contributed by atoms with Crippen LogP contribution < -0.4 is 15.5 Å². The third kappa shape index (κ3) is 5.73. The first-order valence-corrected chi connectivity index (χ1v) is 10.9. The highest BCUT2D eigenvalue weighted by atomic mass is 16.4. The van der Waals surface area contributed by atoms with Crippen LogP contribution in [0.2, 0.25) is 0 Å². The van der Waals surface area contributed by atoms with E-state index in [4.69, 9.17) is 5.11 Å². The van der Waals surface area contributed by atoms with Gasteiger partial charge in [0.15, 0.2) is 0 Å². The van der Waals surface area contributed by atoms with Crippen LogP contribution in [0.5, 0.6) is 0 Å². The molecule has 4 rings (SSSR count).